The van der Waals surface area contributed by atoms with E-state index in [-0.39, 0.29) is 5.91 Å². The van der Waals surface area contributed by atoms with Crippen LogP contribution in [-0.4, -0.2) is 68.5 Å². The molecule has 1 heterocycles. The van der Waals surface area contributed by atoms with E-state index in [0.29, 0.717) is 25.6 Å². The van der Waals surface area contributed by atoms with Gasteiger partial charge in [0, 0.05) is 33.6 Å². The number of rotatable bonds is 8. The number of carbonyl (C=O) groups is 1. The zero-order valence-electron chi connectivity index (χ0n) is 16.4. The Hall–Kier alpha value is -2.08. The summed E-state index contributed by atoms with van der Waals surface area (Å²) in [6, 6.07) is 10.9. The summed E-state index contributed by atoms with van der Waals surface area (Å²) in [7, 11) is 3.56. The van der Waals surface area contributed by atoms with Crippen molar-refractivity contribution in [3.8, 4) is 0 Å². The fourth-order valence-corrected chi connectivity index (χ4v) is 3.19. The average Bonchev–Trinajstić information content (AvgIpc) is 3.17. The predicted octanol–water partition coefficient (Wildman–Crippen LogP) is 1.86. The first kappa shape index (κ1) is 20.2. The quantitative estimate of drug-likeness (QED) is 0.549. The topological polar surface area (TPSA) is 60.0 Å². The lowest BCUT2D eigenvalue weighted by atomic mass is 10.1. The number of nitrogens with one attached hydrogen (secondary N) is 2. The van der Waals surface area contributed by atoms with Gasteiger partial charge >= 0.3 is 0 Å². The minimum absolute atomic E-state index is 0.118. The van der Waals surface area contributed by atoms with Crippen LogP contribution in [0.15, 0.2) is 35.3 Å². The Balaban J connectivity index is 2.00. The lowest BCUT2D eigenvalue weighted by Gasteiger charge is -2.27. The number of likely N-dealkylation sites (tertiary alicyclic amines) is 1. The summed E-state index contributed by atoms with van der Waals surface area (Å²) in [6.07, 6.45) is 2.99. The molecule has 0 saturated carbocycles. The Bertz CT molecular complexity index is 567. The number of nitrogens with zero attached hydrogens (tertiary/aromatic N) is 3. The second kappa shape index (κ2) is 10.8. The monoisotopic (exact) mass is 359 g/mol. The predicted molar refractivity (Wildman–Crippen MR) is 107 cm³/mol. The summed E-state index contributed by atoms with van der Waals surface area (Å²) in [5.41, 5.74) is 1.32. The highest BCUT2D eigenvalue weighted by molar-refractivity contribution is 5.81. The van der Waals surface area contributed by atoms with E-state index in [2.05, 4.69) is 52.8 Å². The molecule has 0 bridgehead atoms. The van der Waals surface area contributed by atoms with Gasteiger partial charge in [0.05, 0.1) is 12.6 Å². The van der Waals surface area contributed by atoms with Crippen molar-refractivity contribution in [2.24, 2.45) is 4.99 Å². The molecular weight excluding hydrogens is 326 g/mol. The number of hydrogen-bond donors (Lipinski definition) is 2. The third-order valence-corrected chi connectivity index (χ3v) is 4.66. The molecule has 2 rings (SSSR count). The van der Waals surface area contributed by atoms with E-state index >= 15 is 0 Å². The smallest absolute Gasteiger partial charge is 0.223 e. The van der Waals surface area contributed by atoms with Crippen LogP contribution in [0.1, 0.15) is 37.8 Å². The van der Waals surface area contributed by atoms with Gasteiger partial charge in [-0.3, -0.25) is 14.7 Å². The van der Waals surface area contributed by atoms with Crippen LogP contribution in [-0.2, 0) is 4.79 Å². The normalized spacial score (nSPS) is 16.3. The van der Waals surface area contributed by atoms with Crippen molar-refractivity contribution in [2.45, 2.75) is 32.2 Å². The lowest BCUT2D eigenvalue weighted by Crippen LogP contribution is -2.40. The third-order valence-electron chi connectivity index (χ3n) is 4.66. The molecular formula is C20H33N5O. The highest BCUT2D eigenvalue weighted by Crippen LogP contribution is 2.25. The summed E-state index contributed by atoms with van der Waals surface area (Å²) in [5, 5.41) is 6.56. The van der Waals surface area contributed by atoms with Crippen molar-refractivity contribution in [3.63, 3.8) is 0 Å². The van der Waals surface area contributed by atoms with Gasteiger partial charge in [-0.25, -0.2) is 0 Å². The molecule has 1 saturated heterocycles. The molecule has 1 aliphatic rings. The second-order valence-electron chi connectivity index (χ2n) is 6.85. The minimum Gasteiger partial charge on any atom is -0.357 e. The van der Waals surface area contributed by atoms with Gasteiger partial charge in [-0.2, -0.15) is 0 Å². The third kappa shape index (κ3) is 6.33. The Labute approximate surface area is 157 Å². The fraction of sp³-hybridized carbons (Fsp3) is 0.600. The van der Waals surface area contributed by atoms with Crippen LogP contribution in [0.5, 0.6) is 0 Å². The van der Waals surface area contributed by atoms with Crippen LogP contribution in [0.4, 0.5) is 0 Å². The first-order valence-corrected chi connectivity index (χ1v) is 9.63. The van der Waals surface area contributed by atoms with Crippen LogP contribution >= 0.6 is 0 Å². The maximum Gasteiger partial charge on any atom is 0.223 e. The Morgan fingerprint density at radius 1 is 1.19 bits per heavy atom. The van der Waals surface area contributed by atoms with E-state index in [4.69, 9.17) is 4.99 Å². The van der Waals surface area contributed by atoms with Gasteiger partial charge in [-0.05, 0) is 38.4 Å². The molecule has 26 heavy (non-hydrogen) atoms. The molecule has 0 aliphatic carbocycles. The van der Waals surface area contributed by atoms with Crippen LogP contribution in [0.25, 0.3) is 0 Å². The van der Waals surface area contributed by atoms with Crippen molar-refractivity contribution in [3.05, 3.63) is 35.9 Å². The first-order valence-electron chi connectivity index (χ1n) is 9.63. The first-order chi connectivity index (χ1) is 12.6. The summed E-state index contributed by atoms with van der Waals surface area (Å²) < 4.78 is 0. The largest absolute Gasteiger partial charge is 0.357 e. The van der Waals surface area contributed by atoms with Crippen molar-refractivity contribution >= 4 is 11.9 Å². The molecule has 0 aromatic heterocycles. The molecule has 6 nitrogen and oxygen atoms in total. The summed E-state index contributed by atoms with van der Waals surface area (Å²) >= 11 is 0. The SMILES string of the molecule is CCNC(=NCC(c1ccccc1)N1CCCC1)NCCC(=O)N(C)C. The summed E-state index contributed by atoms with van der Waals surface area (Å²) in [5.74, 6) is 0.895. The molecule has 1 aromatic carbocycles. The van der Waals surface area contributed by atoms with Crippen molar-refractivity contribution < 1.29 is 4.79 Å². The maximum atomic E-state index is 11.7. The van der Waals surface area contributed by atoms with Crippen LogP contribution in [0, 0.1) is 0 Å². The minimum atomic E-state index is 0.118. The molecule has 1 aromatic rings. The van der Waals surface area contributed by atoms with Crippen molar-refractivity contribution in [1.29, 1.82) is 0 Å². The average molecular weight is 360 g/mol. The number of hydrogen-bond acceptors (Lipinski definition) is 3. The molecule has 2 N–H and O–H groups in total. The van der Waals surface area contributed by atoms with E-state index in [1.54, 1.807) is 19.0 Å². The van der Waals surface area contributed by atoms with E-state index in [9.17, 15) is 4.79 Å². The second-order valence-corrected chi connectivity index (χ2v) is 6.85. The van der Waals surface area contributed by atoms with Gasteiger partial charge in [0.1, 0.15) is 0 Å². The maximum absolute atomic E-state index is 11.7. The Kier molecular flexibility index (Phi) is 8.41. The molecule has 6 heteroatoms. The van der Waals surface area contributed by atoms with Crippen molar-refractivity contribution in [2.75, 3.05) is 46.8 Å². The molecule has 0 radical (unpaired) electrons. The zero-order chi connectivity index (χ0) is 18.8. The number of carbonyl (C=O) groups excluding carboxylic acids is 1. The van der Waals surface area contributed by atoms with Crippen molar-refractivity contribution in [1.82, 2.24) is 20.4 Å². The van der Waals surface area contributed by atoms with Gasteiger partial charge in [0.25, 0.3) is 0 Å². The molecule has 0 spiro atoms. The Morgan fingerprint density at radius 2 is 1.88 bits per heavy atom. The number of guanidine groups is 1. The van der Waals surface area contributed by atoms with Gasteiger partial charge in [0.2, 0.25) is 5.91 Å². The summed E-state index contributed by atoms with van der Waals surface area (Å²) in [6.45, 7) is 6.42. The van der Waals surface area contributed by atoms with Gasteiger partial charge < -0.3 is 15.5 Å². The van der Waals surface area contributed by atoms with E-state index in [1.807, 2.05) is 0 Å². The number of aliphatic imine (C=N–C) groups is 1. The highest BCUT2D eigenvalue weighted by Gasteiger charge is 2.23. The Morgan fingerprint density at radius 3 is 2.50 bits per heavy atom. The lowest BCUT2D eigenvalue weighted by molar-refractivity contribution is -0.128. The van der Waals surface area contributed by atoms with Crippen LogP contribution in [0.2, 0.25) is 0 Å². The van der Waals surface area contributed by atoms with Crippen LogP contribution < -0.4 is 10.6 Å². The molecule has 1 atom stereocenters. The molecule has 1 aliphatic heterocycles. The molecule has 1 fully saturated rings. The van der Waals surface area contributed by atoms with Gasteiger partial charge in [-0.15, -0.1) is 0 Å². The van der Waals surface area contributed by atoms with Gasteiger partial charge in [-0.1, -0.05) is 30.3 Å². The van der Waals surface area contributed by atoms with Gasteiger partial charge in [0.15, 0.2) is 5.96 Å². The molecule has 1 amide bonds. The highest BCUT2D eigenvalue weighted by atomic mass is 16.2. The molecule has 1 unspecified atom stereocenters. The fourth-order valence-electron chi connectivity index (χ4n) is 3.19. The molecule has 144 valence electrons. The number of amides is 1. The van der Waals surface area contributed by atoms with Crippen LogP contribution in [0.3, 0.4) is 0 Å². The number of benzene rings is 1. The zero-order valence-corrected chi connectivity index (χ0v) is 16.4. The summed E-state index contributed by atoms with van der Waals surface area (Å²) in [4.78, 5) is 20.7. The van der Waals surface area contributed by atoms with E-state index in [0.717, 1.165) is 25.6 Å². The standard InChI is InChI=1S/C20H33N5O/c1-4-21-20(22-13-12-19(26)24(2)3)23-16-18(25-14-8-9-15-25)17-10-6-5-7-11-17/h5-7,10-11,18H,4,8-9,12-16H2,1-3H3,(H2,21,22,23). The van der Waals surface area contributed by atoms with E-state index in [1.165, 1.54) is 18.4 Å². The van der Waals surface area contributed by atoms with E-state index < -0.39 is 0 Å².